The van der Waals surface area contributed by atoms with E-state index in [1.165, 1.54) is 0 Å². The van der Waals surface area contributed by atoms with Crippen molar-refractivity contribution in [2.24, 2.45) is 5.73 Å². The number of benzene rings is 1. The second-order valence-corrected chi connectivity index (χ2v) is 4.01. The van der Waals surface area contributed by atoms with E-state index in [9.17, 15) is 4.39 Å². The molecule has 0 saturated heterocycles. The largest absolute Gasteiger partial charge is 0.324 e. The van der Waals surface area contributed by atoms with Gasteiger partial charge in [-0.1, -0.05) is 24.6 Å². The molecule has 0 aliphatic heterocycles. The summed E-state index contributed by atoms with van der Waals surface area (Å²) in [4.78, 5) is 0. The molecule has 0 bridgehead atoms. The van der Waals surface area contributed by atoms with E-state index in [1.54, 1.807) is 12.1 Å². The monoisotopic (exact) mass is 265 g/mol. The summed E-state index contributed by atoms with van der Waals surface area (Å²) in [7, 11) is 0. The Labute approximate surface area is 90.2 Å². The number of hydrogen-bond donors (Lipinski definition) is 1. The molecule has 13 heavy (non-hydrogen) atoms. The van der Waals surface area contributed by atoms with Crippen molar-refractivity contribution in [1.82, 2.24) is 0 Å². The van der Waals surface area contributed by atoms with E-state index >= 15 is 0 Å². The molecule has 0 spiro atoms. The molecular formula is C9H10BrClFN. The zero-order valence-electron chi connectivity index (χ0n) is 7.15. The van der Waals surface area contributed by atoms with Gasteiger partial charge >= 0.3 is 0 Å². The molecule has 0 heterocycles. The lowest BCUT2D eigenvalue weighted by molar-refractivity contribution is 0.575. The van der Waals surface area contributed by atoms with Gasteiger partial charge in [0.25, 0.3) is 0 Å². The Kier molecular flexibility index (Phi) is 3.71. The van der Waals surface area contributed by atoms with Crippen molar-refractivity contribution < 1.29 is 4.39 Å². The van der Waals surface area contributed by atoms with Gasteiger partial charge in [0.15, 0.2) is 0 Å². The van der Waals surface area contributed by atoms with Crippen molar-refractivity contribution in [3.8, 4) is 0 Å². The van der Waals surface area contributed by atoms with Gasteiger partial charge in [-0.3, -0.25) is 0 Å². The predicted molar refractivity (Wildman–Crippen MR) is 56.3 cm³/mol. The summed E-state index contributed by atoms with van der Waals surface area (Å²) >= 11 is 8.84. The highest BCUT2D eigenvalue weighted by Gasteiger charge is 2.14. The molecule has 0 fully saturated rings. The number of hydrogen-bond acceptors (Lipinski definition) is 1. The first kappa shape index (κ1) is 11.0. The Hall–Kier alpha value is -0.120. The normalized spacial score (nSPS) is 13.0. The summed E-state index contributed by atoms with van der Waals surface area (Å²) in [6, 6.07) is 3.07. The van der Waals surface area contributed by atoms with E-state index in [4.69, 9.17) is 17.3 Å². The van der Waals surface area contributed by atoms with Crippen molar-refractivity contribution in [1.29, 1.82) is 0 Å². The quantitative estimate of drug-likeness (QED) is 0.813. The Bertz CT molecular complexity index is 317. The van der Waals surface area contributed by atoms with Crippen LogP contribution in [0, 0.1) is 5.82 Å². The third-order valence-corrected chi connectivity index (χ3v) is 3.16. The van der Waals surface area contributed by atoms with Crippen LogP contribution in [-0.4, -0.2) is 0 Å². The average Bonchev–Trinajstić information content (AvgIpc) is 2.13. The molecule has 0 aliphatic carbocycles. The Balaban J connectivity index is 3.18. The van der Waals surface area contributed by atoms with E-state index in [0.29, 0.717) is 16.5 Å². The maximum absolute atomic E-state index is 13.5. The van der Waals surface area contributed by atoms with Crippen LogP contribution in [0.15, 0.2) is 16.6 Å². The summed E-state index contributed by atoms with van der Waals surface area (Å²) in [5.74, 6) is -0.426. The lowest BCUT2D eigenvalue weighted by atomic mass is 10.1. The Morgan fingerprint density at radius 3 is 2.77 bits per heavy atom. The summed E-state index contributed by atoms with van der Waals surface area (Å²) in [6.45, 7) is 1.90. The summed E-state index contributed by atoms with van der Waals surface area (Å²) < 4.78 is 14.0. The highest BCUT2D eigenvalue weighted by atomic mass is 79.9. The maximum atomic E-state index is 13.5. The van der Waals surface area contributed by atoms with Gasteiger partial charge in [-0.15, -0.1) is 0 Å². The topological polar surface area (TPSA) is 26.0 Å². The van der Waals surface area contributed by atoms with Crippen LogP contribution in [0.3, 0.4) is 0 Å². The molecule has 4 heteroatoms. The van der Waals surface area contributed by atoms with Gasteiger partial charge in [-0.05, 0) is 28.4 Å². The predicted octanol–water partition coefficient (Wildman–Crippen LogP) is 3.65. The van der Waals surface area contributed by atoms with E-state index in [-0.39, 0.29) is 11.1 Å². The van der Waals surface area contributed by atoms with Crippen molar-refractivity contribution >= 4 is 27.5 Å². The third kappa shape index (κ3) is 2.22. The van der Waals surface area contributed by atoms with Crippen molar-refractivity contribution in [2.75, 3.05) is 0 Å². The van der Waals surface area contributed by atoms with E-state index in [1.807, 2.05) is 6.92 Å². The van der Waals surface area contributed by atoms with Crippen LogP contribution in [0.25, 0.3) is 0 Å². The van der Waals surface area contributed by atoms with Crippen molar-refractivity contribution in [3.05, 3.63) is 33.0 Å². The number of rotatable bonds is 2. The molecule has 1 rings (SSSR count). The van der Waals surface area contributed by atoms with Crippen LogP contribution in [0.1, 0.15) is 24.9 Å². The maximum Gasteiger partial charge on any atom is 0.147 e. The highest BCUT2D eigenvalue weighted by Crippen LogP contribution is 2.30. The lowest BCUT2D eigenvalue weighted by Crippen LogP contribution is -2.10. The number of nitrogens with two attached hydrogens (primary N) is 1. The van der Waals surface area contributed by atoms with Crippen molar-refractivity contribution in [2.45, 2.75) is 19.4 Å². The molecular weight excluding hydrogens is 256 g/mol. The van der Waals surface area contributed by atoms with Gasteiger partial charge in [0, 0.05) is 16.1 Å². The van der Waals surface area contributed by atoms with E-state index < -0.39 is 5.82 Å². The Morgan fingerprint density at radius 1 is 1.62 bits per heavy atom. The summed E-state index contributed by atoms with van der Waals surface area (Å²) in [5, 5.41) is 0.0985. The van der Waals surface area contributed by atoms with Crippen LogP contribution < -0.4 is 5.73 Å². The van der Waals surface area contributed by atoms with Gasteiger partial charge in [0.1, 0.15) is 5.82 Å². The van der Waals surface area contributed by atoms with Crippen LogP contribution in [0.5, 0.6) is 0 Å². The Morgan fingerprint density at radius 2 is 2.23 bits per heavy atom. The first-order valence-electron chi connectivity index (χ1n) is 3.96. The molecule has 1 aromatic carbocycles. The minimum atomic E-state index is -0.426. The van der Waals surface area contributed by atoms with Gasteiger partial charge in [0.05, 0.1) is 5.02 Å². The van der Waals surface area contributed by atoms with Gasteiger partial charge in [-0.2, -0.15) is 0 Å². The molecule has 0 saturated carbocycles. The SMILES string of the molecule is CCC(N)c1ccc(Br)c(Cl)c1F. The van der Waals surface area contributed by atoms with Crippen LogP contribution in [-0.2, 0) is 0 Å². The first-order chi connectivity index (χ1) is 6.07. The fourth-order valence-corrected chi connectivity index (χ4v) is 1.53. The lowest BCUT2D eigenvalue weighted by Gasteiger charge is -2.11. The molecule has 1 unspecified atom stereocenters. The van der Waals surface area contributed by atoms with E-state index in [0.717, 1.165) is 0 Å². The number of halogens is 3. The smallest absolute Gasteiger partial charge is 0.147 e. The van der Waals surface area contributed by atoms with Crippen LogP contribution in [0.4, 0.5) is 4.39 Å². The molecule has 72 valence electrons. The molecule has 1 nitrogen and oxygen atoms in total. The first-order valence-corrected chi connectivity index (χ1v) is 5.14. The third-order valence-electron chi connectivity index (χ3n) is 1.90. The van der Waals surface area contributed by atoms with Crippen LogP contribution in [0.2, 0.25) is 5.02 Å². The fraction of sp³-hybridized carbons (Fsp3) is 0.333. The van der Waals surface area contributed by atoms with E-state index in [2.05, 4.69) is 15.9 Å². The molecule has 1 atom stereocenters. The zero-order valence-corrected chi connectivity index (χ0v) is 9.49. The molecule has 1 aromatic rings. The minimum absolute atomic E-state index is 0.0985. The second kappa shape index (κ2) is 4.40. The highest BCUT2D eigenvalue weighted by molar-refractivity contribution is 9.10. The summed E-state index contributed by atoms with van der Waals surface area (Å²) in [5.41, 5.74) is 6.17. The zero-order chi connectivity index (χ0) is 10.0. The molecule has 2 N–H and O–H groups in total. The average molecular weight is 267 g/mol. The summed E-state index contributed by atoms with van der Waals surface area (Å²) in [6.07, 6.45) is 0.689. The molecule has 0 radical (unpaired) electrons. The minimum Gasteiger partial charge on any atom is -0.324 e. The molecule has 0 amide bonds. The standard InChI is InChI=1S/C9H10BrClFN/c1-2-7(13)5-3-4-6(10)8(11)9(5)12/h3-4,7H,2,13H2,1H3. The molecule has 0 aromatic heterocycles. The second-order valence-electron chi connectivity index (χ2n) is 2.78. The van der Waals surface area contributed by atoms with Crippen LogP contribution >= 0.6 is 27.5 Å². The fourth-order valence-electron chi connectivity index (χ4n) is 1.05. The van der Waals surface area contributed by atoms with Gasteiger partial charge in [0.2, 0.25) is 0 Å². The molecule has 0 aliphatic rings. The van der Waals surface area contributed by atoms with Gasteiger partial charge < -0.3 is 5.73 Å². The van der Waals surface area contributed by atoms with Gasteiger partial charge in [-0.25, -0.2) is 4.39 Å². The van der Waals surface area contributed by atoms with Crippen molar-refractivity contribution in [3.63, 3.8) is 0 Å².